The lowest BCUT2D eigenvalue weighted by molar-refractivity contribution is -0.120. The highest BCUT2D eigenvalue weighted by molar-refractivity contribution is 8.00. The molecular formula is C18H20N2O3S. The minimum atomic E-state index is -0.253. The van der Waals surface area contributed by atoms with Crippen molar-refractivity contribution in [3.63, 3.8) is 0 Å². The van der Waals surface area contributed by atoms with Crippen LogP contribution in [0.5, 0.6) is 11.5 Å². The Morgan fingerprint density at radius 3 is 2.58 bits per heavy atom. The molecule has 1 N–H and O–H groups in total. The summed E-state index contributed by atoms with van der Waals surface area (Å²) in [5.41, 5.74) is 3.28. The van der Waals surface area contributed by atoms with Gasteiger partial charge in [0.1, 0.15) is 11.5 Å². The van der Waals surface area contributed by atoms with Gasteiger partial charge in [0.2, 0.25) is 0 Å². The first-order valence-corrected chi connectivity index (χ1v) is 8.28. The predicted molar refractivity (Wildman–Crippen MR) is 97.0 cm³/mol. The lowest BCUT2D eigenvalue weighted by Gasteiger charge is -2.09. The van der Waals surface area contributed by atoms with Crippen molar-refractivity contribution < 1.29 is 14.3 Å². The maximum absolute atomic E-state index is 12.1. The molecule has 0 aromatic heterocycles. The summed E-state index contributed by atoms with van der Waals surface area (Å²) in [4.78, 5) is 13.2. The molecule has 0 aliphatic rings. The molecule has 2 aromatic carbocycles. The van der Waals surface area contributed by atoms with E-state index in [9.17, 15) is 4.79 Å². The van der Waals surface area contributed by atoms with Gasteiger partial charge in [-0.3, -0.25) is 4.79 Å². The summed E-state index contributed by atoms with van der Waals surface area (Å²) < 4.78 is 10.4. The zero-order chi connectivity index (χ0) is 17.4. The van der Waals surface area contributed by atoms with Crippen LogP contribution in [0.1, 0.15) is 12.5 Å². The van der Waals surface area contributed by atoms with Crippen LogP contribution < -0.4 is 14.9 Å². The molecule has 126 valence electrons. The van der Waals surface area contributed by atoms with E-state index in [-0.39, 0.29) is 11.2 Å². The van der Waals surface area contributed by atoms with E-state index in [0.717, 1.165) is 10.5 Å². The highest BCUT2D eigenvalue weighted by Gasteiger charge is 2.13. The fourth-order valence-corrected chi connectivity index (χ4v) is 2.84. The first-order valence-electron chi connectivity index (χ1n) is 7.40. The molecular weight excluding hydrogens is 324 g/mol. The first kappa shape index (κ1) is 17.9. The Labute approximate surface area is 146 Å². The largest absolute Gasteiger partial charge is 0.497 e. The van der Waals surface area contributed by atoms with Gasteiger partial charge < -0.3 is 9.47 Å². The van der Waals surface area contributed by atoms with Crippen LogP contribution in [0.2, 0.25) is 0 Å². The van der Waals surface area contributed by atoms with Crippen molar-refractivity contribution in [1.29, 1.82) is 0 Å². The van der Waals surface area contributed by atoms with Crippen molar-refractivity contribution in [2.45, 2.75) is 17.1 Å². The highest BCUT2D eigenvalue weighted by Crippen LogP contribution is 2.23. The van der Waals surface area contributed by atoms with Crippen LogP contribution in [-0.2, 0) is 4.79 Å². The van der Waals surface area contributed by atoms with Gasteiger partial charge in [-0.15, -0.1) is 11.8 Å². The minimum Gasteiger partial charge on any atom is -0.497 e. The molecule has 0 radical (unpaired) electrons. The van der Waals surface area contributed by atoms with Gasteiger partial charge in [0.25, 0.3) is 5.91 Å². The van der Waals surface area contributed by atoms with Gasteiger partial charge in [0.05, 0.1) is 25.7 Å². The molecule has 0 bridgehead atoms. The molecule has 5 nitrogen and oxygen atoms in total. The zero-order valence-electron chi connectivity index (χ0n) is 13.9. The lowest BCUT2D eigenvalue weighted by atomic mass is 10.2. The normalized spacial score (nSPS) is 12.0. The molecule has 0 saturated carbocycles. The number of carbonyl (C=O) groups excluding carboxylic acids is 1. The van der Waals surface area contributed by atoms with Crippen LogP contribution in [0.25, 0.3) is 0 Å². The van der Waals surface area contributed by atoms with E-state index in [2.05, 4.69) is 10.5 Å². The number of nitrogens with one attached hydrogen (secondary N) is 1. The van der Waals surface area contributed by atoms with Crippen LogP contribution in [0.15, 0.2) is 58.5 Å². The number of methoxy groups -OCH3 is 2. The van der Waals surface area contributed by atoms with E-state index in [1.807, 2.05) is 37.3 Å². The molecule has 0 aliphatic carbocycles. The molecule has 0 aliphatic heterocycles. The second kappa shape index (κ2) is 8.98. The quantitative estimate of drug-likeness (QED) is 0.475. The predicted octanol–water partition coefficient (Wildman–Crippen LogP) is 3.33. The number of hydrazone groups is 1. The second-order valence-electron chi connectivity index (χ2n) is 4.92. The van der Waals surface area contributed by atoms with E-state index >= 15 is 0 Å². The van der Waals surface area contributed by atoms with Gasteiger partial charge in [-0.1, -0.05) is 18.2 Å². The van der Waals surface area contributed by atoms with Gasteiger partial charge in [0.15, 0.2) is 0 Å². The van der Waals surface area contributed by atoms with E-state index in [0.29, 0.717) is 11.5 Å². The summed E-state index contributed by atoms with van der Waals surface area (Å²) in [6, 6.07) is 15.2. The summed E-state index contributed by atoms with van der Waals surface area (Å²) in [6.07, 6.45) is 1.54. The Hall–Kier alpha value is -2.47. The van der Waals surface area contributed by atoms with Gasteiger partial charge in [-0.05, 0) is 37.3 Å². The van der Waals surface area contributed by atoms with Gasteiger partial charge in [-0.2, -0.15) is 5.10 Å². The average molecular weight is 344 g/mol. The Balaban J connectivity index is 1.96. The maximum Gasteiger partial charge on any atom is 0.253 e. The Morgan fingerprint density at radius 2 is 1.92 bits per heavy atom. The van der Waals surface area contributed by atoms with E-state index in [1.54, 1.807) is 38.6 Å². The fourth-order valence-electron chi connectivity index (χ4n) is 1.95. The van der Waals surface area contributed by atoms with Crippen molar-refractivity contribution in [2.75, 3.05) is 14.2 Å². The topological polar surface area (TPSA) is 59.9 Å². The smallest absolute Gasteiger partial charge is 0.253 e. The van der Waals surface area contributed by atoms with Crippen molar-refractivity contribution >= 4 is 23.9 Å². The standard InChI is InChI=1S/C18H20N2O3S/c1-13(24-16-7-5-4-6-8-16)18(21)20-19-12-14-11-15(22-2)9-10-17(14)23-3/h4-13H,1-3H3,(H,20,21)/b19-12-/t13-/m1/s1. The minimum absolute atomic E-state index is 0.165. The number of rotatable bonds is 7. The molecule has 0 fully saturated rings. The van der Waals surface area contributed by atoms with Crippen LogP contribution in [0.4, 0.5) is 0 Å². The Kier molecular flexibility index (Phi) is 6.69. The van der Waals surface area contributed by atoms with Crippen LogP contribution in [0.3, 0.4) is 0 Å². The Bertz CT molecular complexity index is 705. The van der Waals surface area contributed by atoms with Gasteiger partial charge in [0, 0.05) is 10.5 Å². The van der Waals surface area contributed by atoms with Crippen LogP contribution in [-0.4, -0.2) is 31.6 Å². The van der Waals surface area contributed by atoms with E-state index in [1.165, 1.54) is 11.8 Å². The summed E-state index contributed by atoms with van der Waals surface area (Å²) in [6.45, 7) is 1.84. The third kappa shape index (κ3) is 5.03. The highest BCUT2D eigenvalue weighted by atomic mass is 32.2. The third-order valence-corrected chi connectivity index (χ3v) is 4.35. The number of hydrogen-bond donors (Lipinski definition) is 1. The molecule has 0 spiro atoms. The first-order chi connectivity index (χ1) is 11.6. The van der Waals surface area contributed by atoms with Crippen LogP contribution in [0, 0.1) is 0 Å². The fraction of sp³-hybridized carbons (Fsp3) is 0.222. The number of amides is 1. The average Bonchev–Trinajstić information content (AvgIpc) is 2.62. The molecule has 1 atom stereocenters. The molecule has 2 rings (SSSR count). The molecule has 0 heterocycles. The van der Waals surface area contributed by atoms with Crippen molar-refractivity contribution in [3.05, 3.63) is 54.1 Å². The third-order valence-electron chi connectivity index (χ3n) is 3.24. The second-order valence-corrected chi connectivity index (χ2v) is 6.33. The van der Waals surface area contributed by atoms with E-state index in [4.69, 9.17) is 9.47 Å². The molecule has 0 saturated heterocycles. The summed E-state index contributed by atoms with van der Waals surface area (Å²) in [5, 5.41) is 3.76. The molecule has 2 aromatic rings. The SMILES string of the molecule is COc1ccc(OC)c(/C=N\NC(=O)[C@@H](C)Sc2ccccc2)c1. The number of carbonyl (C=O) groups is 1. The Morgan fingerprint density at radius 1 is 1.17 bits per heavy atom. The number of benzene rings is 2. The van der Waals surface area contributed by atoms with Crippen LogP contribution >= 0.6 is 11.8 Å². The summed E-state index contributed by atoms with van der Waals surface area (Å²) >= 11 is 1.48. The number of hydrogen-bond acceptors (Lipinski definition) is 5. The van der Waals surface area contributed by atoms with Crippen molar-refractivity contribution in [3.8, 4) is 11.5 Å². The summed E-state index contributed by atoms with van der Waals surface area (Å²) in [7, 11) is 3.17. The number of nitrogens with zero attached hydrogens (tertiary/aromatic N) is 1. The number of ether oxygens (including phenoxy) is 2. The summed E-state index contributed by atoms with van der Waals surface area (Å²) in [5.74, 6) is 1.18. The molecule has 0 unspecified atom stereocenters. The molecule has 24 heavy (non-hydrogen) atoms. The van der Waals surface area contributed by atoms with Gasteiger partial charge >= 0.3 is 0 Å². The zero-order valence-corrected chi connectivity index (χ0v) is 14.7. The maximum atomic E-state index is 12.1. The van der Waals surface area contributed by atoms with Gasteiger partial charge in [-0.25, -0.2) is 5.43 Å². The lowest BCUT2D eigenvalue weighted by Crippen LogP contribution is -2.26. The van der Waals surface area contributed by atoms with Crippen molar-refractivity contribution in [1.82, 2.24) is 5.43 Å². The monoisotopic (exact) mass is 344 g/mol. The molecule has 6 heteroatoms. The van der Waals surface area contributed by atoms with Crippen molar-refractivity contribution in [2.24, 2.45) is 5.10 Å². The number of thioether (sulfide) groups is 1. The van der Waals surface area contributed by atoms with E-state index < -0.39 is 0 Å². The molecule has 1 amide bonds.